The number of ether oxygens (including phenoxy) is 3. The number of sulfonamides is 1. The molecule has 2 fully saturated rings. The van der Waals surface area contributed by atoms with Gasteiger partial charge in [0, 0.05) is 11.5 Å². The predicted octanol–water partition coefficient (Wildman–Crippen LogP) is 4.12. The predicted molar refractivity (Wildman–Crippen MR) is 143 cm³/mol. The number of piperidine rings is 1. The second kappa shape index (κ2) is 10.7. The molecule has 2 aliphatic heterocycles. The summed E-state index contributed by atoms with van der Waals surface area (Å²) in [6.45, 7) is 1.99. The minimum absolute atomic E-state index is 0.0198. The van der Waals surface area contributed by atoms with E-state index in [1.165, 1.54) is 17.1 Å². The van der Waals surface area contributed by atoms with Crippen molar-refractivity contribution in [2.75, 3.05) is 51.3 Å². The lowest BCUT2D eigenvalue weighted by molar-refractivity contribution is -0.138. The molecule has 5 rings (SSSR count). The Morgan fingerprint density at radius 1 is 1.08 bits per heavy atom. The van der Waals surface area contributed by atoms with E-state index in [0.29, 0.717) is 61.4 Å². The van der Waals surface area contributed by atoms with Crippen molar-refractivity contribution in [2.24, 2.45) is 5.92 Å². The number of benzene rings is 2. The van der Waals surface area contributed by atoms with Gasteiger partial charge in [0.25, 0.3) is 0 Å². The minimum atomic E-state index is -3.88. The lowest BCUT2D eigenvalue weighted by Crippen LogP contribution is -2.48. The minimum Gasteiger partial charge on any atom is -0.588 e. The summed E-state index contributed by atoms with van der Waals surface area (Å²) in [6, 6.07) is 10.2. The largest absolute Gasteiger partial charge is 0.588 e. The molecule has 1 atom stereocenters. The molecule has 1 aliphatic carbocycles. The molecule has 1 spiro atoms. The topological polar surface area (TPSA) is 112 Å². The third kappa shape index (κ3) is 5.09. The number of methoxy groups -OCH3 is 2. The molecule has 206 valence electrons. The van der Waals surface area contributed by atoms with Crippen LogP contribution in [0.1, 0.15) is 44.1 Å². The number of rotatable bonds is 9. The highest BCUT2D eigenvalue weighted by Gasteiger charge is 2.51. The molecule has 9 nitrogen and oxygen atoms in total. The summed E-state index contributed by atoms with van der Waals surface area (Å²) >= 11 is 0. The monoisotopic (exact) mass is 544 g/mol. The number of fused-ring (bicyclic) bond motifs is 2. The fraction of sp³-hybridized carbons (Fsp3) is 0.536. The molecule has 0 bridgehead atoms. The fourth-order valence-electron chi connectivity index (χ4n) is 6.13. The molecule has 0 aromatic heterocycles. The molecule has 0 amide bonds. The van der Waals surface area contributed by atoms with Crippen LogP contribution in [-0.2, 0) is 24.8 Å². The maximum Gasteiger partial charge on any atom is 0.317 e. The number of nitrogens with zero attached hydrogens (tertiary/aromatic N) is 2. The van der Waals surface area contributed by atoms with Crippen LogP contribution in [0.15, 0.2) is 41.3 Å². The van der Waals surface area contributed by atoms with Crippen molar-refractivity contribution >= 4 is 22.1 Å². The van der Waals surface area contributed by atoms with Crippen molar-refractivity contribution in [1.82, 2.24) is 4.90 Å². The number of carboxylic acids is 1. The molecule has 3 aliphatic rings. The van der Waals surface area contributed by atoms with E-state index in [1.807, 2.05) is 17.0 Å². The van der Waals surface area contributed by atoms with E-state index in [-0.39, 0.29) is 18.0 Å². The van der Waals surface area contributed by atoms with Gasteiger partial charge >= 0.3 is 5.97 Å². The second-order valence-corrected chi connectivity index (χ2v) is 12.5. The lowest BCUT2D eigenvalue weighted by atomic mass is 9.74. The van der Waals surface area contributed by atoms with Gasteiger partial charge < -0.3 is 23.9 Å². The summed E-state index contributed by atoms with van der Waals surface area (Å²) in [5, 5.41) is 9.25. The Morgan fingerprint density at radius 3 is 2.37 bits per heavy atom. The van der Waals surface area contributed by atoms with E-state index in [2.05, 4.69) is 0 Å². The quantitative estimate of drug-likeness (QED) is 0.470. The molecule has 1 saturated carbocycles. The van der Waals surface area contributed by atoms with Gasteiger partial charge in [0.2, 0.25) is 0 Å². The van der Waals surface area contributed by atoms with Crippen LogP contribution < -0.4 is 18.5 Å². The molecule has 1 N–H and O–H groups in total. The molecular weight excluding hydrogens is 508 g/mol. The highest BCUT2D eigenvalue weighted by Crippen LogP contribution is 2.53. The van der Waals surface area contributed by atoms with Crippen molar-refractivity contribution in [3.05, 3.63) is 42.0 Å². The van der Waals surface area contributed by atoms with Crippen molar-refractivity contribution in [3.63, 3.8) is 0 Å². The summed E-state index contributed by atoms with van der Waals surface area (Å²) in [6.07, 6.45) is 6.00. The van der Waals surface area contributed by atoms with Crippen LogP contribution in [0.25, 0.3) is 0 Å². The van der Waals surface area contributed by atoms with E-state index < -0.39 is 21.8 Å². The summed E-state index contributed by atoms with van der Waals surface area (Å²) < 4.78 is 46.7. The van der Waals surface area contributed by atoms with E-state index in [1.54, 1.807) is 38.5 Å². The third-order valence-corrected chi connectivity index (χ3v) is 10.1. The fourth-order valence-corrected chi connectivity index (χ4v) is 7.69. The zero-order chi connectivity index (χ0) is 26.9. The number of aliphatic carboxylic acids is 1. The van der Waals surface area contributed by atoms with Crippen LogP contribution in [0.5, 0.6) is 17.2 Å². The van der Waals surface area contributed by atoms with Gasteiger partial charge in [0.1, 0.15) is 5.75 Å². The third-order valence-electron chi connectivity index (χ3n) is 8.34. The van der Waals surface area contributed by atoms with Crippen LogP contribution >= 0.6 is 0 Å². The highest BCUT2D eigenvalue weighted by molar-refractivity contribution is 7.99. The Hall–Kier alpha value is -2.82. The molecule has 1 unspecified atom stereocenters. The van der Waals surface area contributed by atoms with Crippen LogP contribution in [0.3, 0.4) is 0 Å². The Bertz CT molecular complexity index is 1200. The zero-order valence-electron chi connectivity index (χ0n) is 22.0. The SMILES string of the molecule is COc1ccc([S+](=O)([O-])N2CC3(CCN(CC(=O)O)CC3)c3cc(OC)c(OCC4CCCC4)cc32)cc1. The summed E-state index contributed by atoms with van der Waals surface area (Å²) in [4.78, 5) is 13.4. The van der Waals surface area contributed by atoms with Crippen LogP contribution in [-0.4, -0.2) is 67.5 Å². The van der Waals surface area contributed by atoms with E-state index in [4.69, 9.17) is 14.2 Å². The average molecular weight is 545 g/mol. The maximum atomic E-state index is 14.0. The van der Waals surface area contributed by atoms with Gasteiger partial charge in [-0.2, -0.15) is 4.31 Å². The first-order valence-electron chi connectivity index (χ1n) is 13.2. The van der Waals surface area contributed by atoms with Gasteiger partial charge in [-0.1, -0.05) is 17.1 Å². The van der Waals surface area contributed by atoms with Crippen LogP contribution in [0, 0.1) is 5.92 Å². The number of anilines is 1. The number of carbonyl (C=O) groups is 1. The lowest BCUT2D eigenvalue weighted by Gasteiger charge is -2.39. The molecule has 1 saturated heterocycles. The van der Waals surface area contributed by atoms with Gasteiger partial charge in [0.15, 0.2) is 26.8 Å². The number of hydrogen-bond donors (Lipinski definition) is 1. The molecule has 2 aromatic rings. The molecule has 0 radical (unpaired) electrons. The van der Waals surface area contributed by atoms with Gasteiger partial charge in [0.05, 0.1) is 39.6 Å². The standard InChI is InChI=1S/C28H36N2O7S/c1-35-21-7-9-22(10-8-21)38(33,34)30-19-28(11-13-29(14-12-28)17-27(31)32)23-15-25(36-2)26(16-24(23)30)37-18-20-5-3-4-6-20/h7-10,15-16,20H,3-6,11-14,17-19H2,1-2H3,(H-,31,32,33,34). The number of carboxylic acid groups (broad SMARTS) is 1. The average Bonchev–Trinajstić information content (AvgIpc) is 3.55. The first-order valence-corrected chi connectivity index (χ1v) is 14.7. The molecule has 10 heteroatoms. The smallest absolute Gasteiger partial charge is 0.317 e. The first kappa shape index (κ1) is 26.8. The van der Waals surface area contributed by atoms with Crippen LogP contribution in [0.4, 0.5) is 5.69 Å². The van der Waals surface area contributed by atoms with Crippen molar-refractivity contribution in [3.8, 4) is 17.2 Å². The summed E-state index contributed by atoms with van der Waals surface area (Å²) in [5.74, 6) is 1.37. The van der Waals surface area contributed by atoms with Gasteiger partial charge in [-0.05, 0) is 80.6 Å². The van der Waals surface area contributed by atoms with Crippen molar-refractivity contribution in [1.29, 1.82) is 0 Å². The van der Waals surface area contributed by atoms with Crippen LogP contribution in [0.2, 0.25) is 0 Å². The van der Waals surface area contributed by atoms with Gasteiger partial charge in [-0.15, -0.1) is 0 Å². The summed E-state index contributed by atoms with van der Waals surface area (Å²) in [5.41, 5.74) is 1.07. The van der Waals surface area contributed by atoms with E-state index >= 15 is 0 Å². The Balaban J connectivity index is 1.52. The van der Waals surface area contributed by atoms with E-state index in [0.717, 1.165) is 18.4 Å². The first-order chi connectivity index (χ1) is 18.3. The molecular formula is C28H36N2O7S. The Kier molecular flexibility index (Phi) is 7.57. The Labute approximate surface area is 225 Å². The Morgan fingerprint density at radius 2 is 1.76 bits per heavy atom. The molecule has 38 heavy (non-hydrogen) atoms. The number of likely N-dealkylation sites (tertiary alicyclic amines) is 1. The number of hydrogen-bond acceptors (Lipinski definition) is 7. The second-order valence-electron chi connectivity index (χ2n) is 10.6. The molecule has 2 heterocycles. The highest BCUT2D eigenvalue weighted by atomic mass is 32.3. The van der Waals surface area contributed by atoms with Crippen molar-refractivity contribution < 1.29 is 32.9 Å². The van der Waals surface area contributed by atoms with Gasteiger partial charge in [-0.25, -0.2) is 0 Å². The normalized spacial score (nSPS) is 20.8. The van der Waals surface area contributed by atoms with Gasteiger partial charge in [-0.3, -0.25) is 9.69 Å². The zero-order valence-corrected chi connectivity index (χ0v) is 22.8. The summed E-state index contributed by atoms with van der Waals surface area (Å²) in [7, 11) is -0.731. The van der Waals surface area contributed by atoms with Crippen molar-refractivity contribution in [2.45, 2.75) is 48.8 Å². The molecule has 2 aromatic carbocycles. The maximum absolute atomic E-state index is 14.0. The van der Waals surface area contributed by atoms with E-state index in [9.17, 15) is 18.7 Å².